The third-order valence-corrected chi connectivity index (χ3v) is 0. The van der Waals surface area contributed by atoms with Gasteiger partial charge in [0.25, 0.3) is 0 Å². The Kier molecular flexibility index (Phi) is 6020. The average Bonchev–Trinajstić information content (AvgIpc) is 0. The summed E-state index contributed by atoms with van der Waals surface area (Å²) in [6.07, 6.45) is 0. The fourth-order valence-electron chi connectivity index (χ4n) is 0. The molecule has 7 heavy (non-hydrogen) atoms. The summed E-state index contributed by atoms with van der Waals surface area (Å²) < 4.78 is 0. The maximum Gasteiger partial charge on any atom is 4.00 e. The largest absolute Gasteiger partial charge is 4.00 e. The van der Waals surface area contributed by atoms with Gasteiger partial charge >= 0.3 is 23.9 Å². The summed E-state index contributed by atoms with van der Waals surface area (Å²) in [5.41, 5.74) is 0. The van der Waals surface area contributed by atoms with Gasteiger partial charge in [0, 0.05) is 0 Å². The van der Waals surface area contributed by atoms with E-state index in [1.165, 1.54) is 0 Å². The monoisotopic (exact) mass is 337 g/mol. The minimum absolute atomic E-state index is 0. The van der Waals surface area contributed by atoms with Crippen LogP contribution < -0.4 is 24.0 Å². The molecule has 0 spiro atoms. The van der Waals surface area contributed by atoms with Crippen LogP contribution in [-0.4, -0.2) is 51.3 Å². The van der Waals surface area contributed by atoms with E-state index >= 15 is 0 Å². The molecule has 0 bridgehead atoms. The smallest absolute Gasteiger partial charge is 1.00 e. The summed E-state index contributed by atoms with van der Waals surface area (Å²) >= 11 is 0. The Morgan fingerprint density at radius 3 is 0.429 bits per heavy atom. The Morgan fingerprint density at radius 1 is 0.429 bits per heavy atom. The molecule has 10 N–H and O–H groups in total. The Hall–Kier alpha value is 1.33. The Morgan fingerprint density at radius 2 is 0.429 bits per heavy atom. The van der Waals surface area contributed by atoms with Crippen LogP contribution in [0.2, 0.25) is 0 Å². The van der Waals surface area contributed by atoms with Crippen molar-refractivity contribution in [3.8, 4) is 0 Å². The summed E-state index contributed by atoms with van der Waals surface area (Å²) in [6.45, 7) is 0. The van der Waals surface area contributed by atoms with Gasteiger partial charge in [0.1, 0.15) is 0 Å². The van der Waals surface area contributed by atoms with Crippen molar-refractivity contribution in [2.45, 2.75) is 0 Å². The minimum atomic E-state index is 0. The van der Waals surface area contributed by atoms with Crippen LogP contribution in [0.4, 0.5) is 0 Å². The van der Waals surface area contributed by atoms with Gasteiger partial charge in [-0.3, -0.25) is 0 Å². The first-order valence-electron chi connectivity index (χ1n) is 0. The zero-order chi connectivity index (χ0) is 0. The van der Waals surface area contributed by atoms with E-state index in [4.69, 9.17) is 0 Å². The molecule has 0 saturated carbocycles. The van der Waals surface area contributed by atoms with Gasteiger partial charge < -0.3 is 51.4 Å². The molecule has 0 aromatic heterocycles. The molecule has 0 saturated heterocycles. The van der Waals surface area contributed by atoms with Crippen LogP contribution in [0.5, 0.6) is 0 Å². The van der Waals surface area contributed by atoms with Crippen LogP contribution >= 0.6 is 0 Å². The van der Waals surface area contributed by atoms with E-state index in [0.717, 1.165) is 0 Å². The van der Waals surface area contributed by atoms with E-state index in [-0.39, 0.29) is 75.3 Å². The third kappa shape index (κ3) is 118. The molecule has 0 radical (unpaired) electrons. The fraction of sp³-hybridized carbons (Fsp3) is 0. The van der Waals surface area contributed by atoms with Crippen molar-refractivity contribution in [2.24, 2.45) is 0 Å². The fourth-order valence-corrected chi connectivity index (χ4v) is 0. The minimum Gasteiger partial charge on any atom is -1.00 e. The molecule has 0 aliphatic carbocycles. The molecule has 0 amide bonds. The van der Waals surface area contributed by atoms with Crippen molar-refractivity contribution >= 4 is 23.9 Å². The Labute approximate surface area is 75.0 Å². The maximum atomic E-state index is 0. The third-order valence-electron chi connectivity index (χ3n) is 0. The second-order valence-electron chi connectivity index (χ2n) is 0. The quantitative estimate of drug-likeness (QED) is 0.304. The number of halogens is 1. The van der Waals surface area contributed by atoms with E-state index < -0.39 is 0 Å². The van der Waals surface area contributed by atoms with Gasteiger partial charge in [-0.15, -0.1) is 0 Å². The zero-order valence-electron chi connectivity index (χ0n) is 3.38. The molecule has 0 atom stereocenters. The van der Waals surface area contributed by atoms with Crippen molar-refractivity contribution < 1.29 is 51.4 Å². The maximum absolute atomic E-state index is 0. The molecule has 48 valence electrons. The molecule has 0 aromatic rings. The standard InChI is InChI=1S/HI.5H2O.Sn/h1H;5*1H2;/q;;;;;;+4/p-1. The summed E-state index contributed by atoms with van der Waals surface area (Å²) in [5.74, 6) is 0. The Bertz CT molecular complexity index is 8.04. The summed E-state index contributed by atoms with van der Waals surface area (Å²) in [5, 5.41) is 0. The summed E-state index contributed by atoms with van der Waals surface area (Å²) in [6, 6.07) is 0. The van der Waals surface area contributed by atoms with Crippen molar-refractivity contribution in [3.63, 3.8) is 0 Å². The first-order valence-corrected chi connectivity index (χ1v) is 0. The van der Waals surface area contributed by atoms with E-state index in [0.29, 0.717) is 0 Å². The normalized spacial score (nSPS) is 0. The van der Waals surface area contributed by atoms with Gasteiger partial charge in [0.2, 0.25) is 0 Å². The van der Waals surface area contributed by atoms with E-state index in [9.17, 15) is 0 Å². The Balaban J connectivity index is 0. The van der Waals surface area contributed by atoms with Crippen molar-refractivity contribution in [1.82, 2.24) is 0 Å². The van der Waals surface area contributed by atoms with E-state index in [2.05, 4.69) is 0 Å². The van der Waals surface area contributed by atoms with Crippen LogP contribution in [0.25, 0.3) is 0 Å². The number of hydrogen-bond acceptors (Lipinski definition) is 0. The van der Waals surface area contributed by atoms with Gasteiger partial charge in [-0.05, 0) is 0 Å². The SMILES string of the molecule is O.O.O.O.O.[I-].[Sn+4]. The summed E-state index contributed by atoms with van der Waals surface area (Å²) in [4.78, 5) is 0. The predicted octanol–water partition coefficient (Wildman–Crippen LogP) is -7.50. The number of rotatable bonds is 0. The predicted molar refractivity (Wildman–Crippen MR) is 23.8 cm³/mol. The molecule has 0 aliphatic rings. The first-order chi connectivity index (χ1) is 0. The molecule has 0 rings (SSSR count). The summed E-state index contributed by atoms with van der Waals surface area (Å²) in [7, 11) is 0. The van der Waals surface area contributed by atoms with Crippen LogP contribution in [0.15, 0.2) is 0 Å². The van der Waals surface area contributed by atoms with Crippen LogP contribution in [0.1, 0.15) is 0 Å². The molecule has 5 nitrogen and oxygen atoms in total. The van der Waals surface area contributed by atoms with Gasteiger partial charge in [-0.1, -0.05) is 0 Å². The molecular weight excluding hydrogens is 326 g/mol. The second-order valence-corrected chi connectivity index (χ2v) is 0. The first kappa shape index (κ1) is 253. The molecule has 0 aliphatic heterocycles. The second kappa shape index (κ2) is 166. The van der Waals surface area contributed by atoms with Crippen LogP contribution in [-0.2, 0) is 0 Å². The molecule has 0 heterocycles. The molecule has 7 heteroatoms. The van der Waals surface area contributed by atoms with E-state index in [1.807, 2.05) is 0 Å². The van der Waals surface area contributed by atoms with Crippen LogP contribution in [0.3, 0.4) is 0 Å². The van der Waals surface area contributed by atoms with Gasteiger partial charge in [-0.25, -0.2) is 0 Å². The van der Waals surface area contributed by atoms with Gasteiger partial charge in [-0.2, -0.15) is 0 Å². The molecule has 0 unspecified atom stereocenters. The van der Waals surface area contributed by atoms with Crippen LogP contribution in [0, 0.1) is 0 Å². The van der Waals surface area contributed by atoms with Gasteiger partial charge in [0.05, 0.1) is 0 Å². The van der Waals surface area contributed by atoms with E-state index in [1.54, 1.807) is 0 Å². The zero-order valence-corrected chi connectivity index (χ0v) is 8.39. The molecular formula is H10IO5Sn+3. The molecule has 0 aromatic carbocycles. The van der Waals surface area contributed by atoms with Crippen molar-refractivity contribution in [1.29, 1.82) is 0 Å². The average molecular weight is 336 g/mol. The molecule has 0 fully saturated rings. The van der Waals surface area contributed by atoms with Gasteiger partial charge in [0.15, 0.2) is 0 Å². The van der Waals surface area contributed by atoms with Crippen molar-refractivity contribution in [3.05, 3.63) is 0 Å². The van der Waals surface area contributed by atoms with Crippen molar-refractivity contribution in [2.75, 3.05) is 0 Å². The number of hydrogen-bond donors (Lipinski definition) is 0. The topological polar surface area (TPSA) is 158 Å².